The van der Waals surface area contributed by atoms with Gasteiger partial charge in [-0.25, -0.2) is 0 Å². The van der Waals surface area contributed by atoms with Crippen LogP contribution in [0.1, 0.15) is 11.1 Å². The number of phenolic OH excluding ortho intramolecular Hbond substituents is 1. The van der Waals surface area contributed by atoms with E-state index in [1.807, 2.05) is 0 Å². The lowest BCUT2D eigenvalue weighted by molar-refractivity contribution is 0.184. The van der Waals surface area contributed by atoms with Gasteiger partial charge in [0.2, 0.25) is 0 Å². The smallest absolute Gasteiger partial charge is 0.126 e. The van der Waals surface area contributed by atoms with Crippen molar-refractivity contribution in [2.75, 3.05) is 7.11 Å². The predicted octanol–water partition coefficient (Wildman–Crippen LogP) is 1.48. The van der Waals surface area contributed by atoms with Crippen molar-refractivity contribution in [2.45, 2.75) is 6.61 Å². The van der Waals surface area contributed by atoms with Crippen molar-refractivity contribution in [3.05, 3.63) is 28.3 Å². The molecular formula is C9H11ClN2O2. The van der Waals surface area contributed by atoms with Crippen LogP contribution in [0.4, 0.5) is 0 Å². The first-order valence-corrected chi connectivity index (χ1v) is 4.28. The van der Waals surface area contributed by atoms with Gasteiger partial charge in [0.25, 0.3) is 0 Å². The van der Waals surface area contributed by atoms with Gasteiger partial charge in [-0.15, -0.1) is 0 Å². The second-order valence-corrected chi connectivity index (χ2v) is 3.21. The molecule has 4 N–H and O–H groups in total. The molecule has 1 aromatic carbocycles. The molecule has 0 spiro atoms. The van der Waals surface area contributed by atoms with Gasteiger partial charge in [-0.05, 0) is 12.1 Å². The lowest BCUT2D eigenvalue weighted by atomic mass is 10.1. The second-order valence-electron chi connectivity index (χ2n) is 2.81. The number of phenols is 1. The molecule has 0 fully saturated rings. The highest BCUT2D eigenvalue weighted by Crippen LogP contribution is 2.26. The molecule has 1 rings (SSSR count). The van der Waals surface area contributed by atoms with E-state index in [4.69, 9.17) is 27.5 Å². The first-order chi connectivity index (χ1) is 6.56. The summed E-state index contributed by atoms with van der Waals surface area (Å²) in [6.07, 6.45) is 0. The zero-order chi connectivity index (χ0) is 10.7. The Hall–Kier alpha value is -1.26. The average Bonchev–Trinajstić information content (AvgIpc) is 2.10. The van der Waals surface area contributed by atoms with Gasteiger partial charge in [0, 0.05) is 17.7 Å². The summed E-state index contributed by atoms with van der Waals surface area (Å²) in [6.45, 7) is 0.310. The maximum absolute atomic E-state index is 9.48. The number of hydrogen-bond acceptors (Lipinski definition) is 3. The molecule has 0 saturated heterocycles. The fourth-order valence-corrected chi connectivity index (χ4v) is 1.31. The molecule has 4 nitrogen and oxygen atoms in total. The number of halogens is 1. The summed E-state index contributed by atoms with van der Waals surface area (Å²) in [5, 5.41) is 17.1. The van der Waals surface area contributed by atoms with E-state index in [2.05, 4.69) is 0 Å². The molecule has 0 aliphatic heterocycles. The van der Waals surface area contributed by atoms with E-state index in [1.165, 1.54) is 19.2 Å². The van der Waals surface area contributed by atoms with Gasteiger partial charge >= 0.3 is 0 Å². The van der Waals surface area contributed by atoms with Gasteiger partial charge in [-0.1, -0.05) is 11.6 Å². The van der Waals surface area contributed by atoms with E-state index < -0.39 is 0 Å². The lowest BCUT2D eigenvalue weighted by Gasteiger charge is -2.07. The number of ether oxygens (including phenoxy) is 1. The molecular weight excluding hydrogens is 204 g/mol. The fourth-order valence-electron chi connectivity index (χ4n) is 1.09. The summed E-state index contributed by atoms with van der Waals surface area (Å²) < 4.78 is 4.88. The zero-order valence-corrected chi connectivity index (χ0v) is 8.43. The van der Waals surface area contributed by atoms with Crippen molar-refractivity contribution in [2.24, 2.45) is 5.73 Å². The van der Waals surface area contributed by atoms with Gasteiger partial charge in [-0.3, -0.25) is 5.41 Å². The van der Waals surface area contributed by atoms with Gasteiger partial charge in [-0.2, -0.15) is 0 Å². The Bertz CT molecular complexity index is 366. The molecule has 0 aromatic heterocycles. The quantitative estimate of drug-likeness (QED) is 0.527. The summed E-state index contributed by atoms with van der Waals surface area (Å²) in [7, 11) is 1.53. The van der Waals surface area contributed by atoms with E-state index >= 15 is 0 Å². The summed E-state index contributed by atoms with van der Waals surface area (Å²) in [4.78, 5) is 0. The van der Waals surface area contributed by atoms with Crippen LogP contribution in [0.15, 0.2) is 12.1 Å². The highest BCUT2D eigenvalue weighted by Gasteiger charge is 2.09. The number of amidine groups is 1. The first-order valence-electron chi connectivity index (χ1n) is 3.91. The Labute approximate surface area is 86.8 Å². The van der Waals surface area contributed by atoms with Crippen molar-refractivity contribution in [1.29, 1.82) is 5.41 Å². The molecule has 0 heterocycles. The Morgan fingerprint density at radius 3 is 2.79 bits per heavy atom. The number of rotatable bonds is 3. The van der Waals surface area contributed by atoms with Crippen LogP contribution in [0.2, 0.25) is 5.02 Å². The molecule has 0 radical (unpaired) electrons. The van der Waals surface area contributed by atoms with Crippen molar-refractivity contribution in [3.8, 4) is 5.75 Å². The van der Waals surface area contributed by atoms with E-state index in [0.29, 0.717) is 17.2 Å². The normalized spacial score (nSPS) is 10.1. The van der Waals surface area contributed by atoms with Crippen LogP contribution in [-0.2, 0) is 11.3 Å². The van der Waals surface area contributed by atoms with Crippen molar-refractivity contribution in [1.82, 2.24) is 0 Å². The van der Waals surface area contributed by atoms with Crippen LogP contribution in [0, 0.1) is 5.41 Å². The minimum absolute atomic E-state index is 0.0612. The molecule has 0 amide bonds. The number of aromatic hydroxyl groups is 1. The number of hydrogen-bond donors (Lipinski definition) is 3. The average molecular weight is 215 g/mol. The van der Waals surface area contributed by atoms with Gasteiger partial charge in [0.05, 0.1) is 12.2 Å². The molecule has 76 valence electrons. The number of benzene rings is 1. The molecule has 0 bridgehead atoms. The SMILES string of the molecule is COCc1cc(O)c(C(=N)N)cc1Cl. The third-order valence-electron chi connectivity index (χ3n) is 1.75. The Morgan fingerprint density at radius 1 is 1.64 bits per heavy atom. The van der Waals surface area contributed by atoms with Crippen molar-refractivity contribution in [3.63, 3.8) is 0 Å². The summed E-state index contributed by atoms with van der Waals surface area (Å²) in [6, 6.07) is 2.90. The molecule has 0 unspecified atom stereocenters. The maximum Gasteiger partial charge on any atom is 0.126 e. The molecule has 0 aliphatic rings. The van der Waals surface area contributed by atoms with Gasteiger partial charge in [0.15, 0.2) is 0 Å². The first kappa shape index (κ1) is 10.8. The topological polar surface area (TPSA) is 79.3 Å². The van der Waals surface area contributed by atoms with Crippen molar-refractivity contribution >= 4 is 17.4 Å². The standard InChI is InChI=1S/C9H11ClN2O2/c1-14-4-5-2-8(13)6(9(11)12)3-7(5)10/h2-3,13H,4H2,1H3,(H3,11,12). The van der Waals surface area contributed by atoms with Gasteiger partial charge in [0.1, 0.15) is 11.6 Å². The van der Waals surface area contributed by atoms with Crippen LogP contribution in [0.3, 0.4) is 0 Å². The van der Waals surface area contributed by atoms with Crippen LogP contribution in [0.5, 0.6) is 5.75 Å². The Kier molecular flexibility index (Phi) is 3.33. The Morgan fingerprint density at radius 2 is 2.29 bits per heavy atom. The minimum atomic E-state index is -0.214. The molecule has 0 saturated carbocycles. The zero-order valence-electron chi connectivity index (χ0n) is 7.67. The van der Waals surface area contributed by atoms with Crippen LogP contribution in [-0.4, -0.2) is 18.1 Å². The van der Waals surface area contributed by atoms with E-state index in [9.17, 15) is 5.11 Å². The lowest BCUT2D eigenvalue weighted by Crippen LogP contribution is -2.11. The number of nitrogen functional groups attached to an aromatic ring is 1. The van der Waals surface area contributed by atoms with Gasteiger partial charge < -0.3 is 15.6 Å². The third-order valence-corrected chi connectivity index (χ3v) is 2.11. The summed E-state index contributed by atoms with van der Waals surface area (Å²) in [5.74, 6) is -0.276. The summed E-state index contributed by atoms with van der Waals surface area (Å²) >= 11 is 5.88. The number of methoxy groups -OCH3 is 1. The molecule has 0 atom stereocenters. The highest BCUT2D eigenvalue weighted by molar-refractivity contribution is 6.31. The third kappa shape index (κ3) is 2.16. The minimum Gasteiger partial charge on any atom is -0.507 e. The van der Waals surface area contributed by atoms with E-state index in [1.54, 1.807) is 0 Å². The molecule has 1 aromatic rings. The van der Waals surface area contributed by atoms with Crippen molar-refractivity contribution < 1.29 is 9.84 Å². The highest BCUT2D eigenvalue weighted by atomic mass is 35.5. The van der Waals surface area contributed by atoms with Crippen LogP contribution in [0.25, 0.3) is 0 Å². The van der Waals surface area contributed by atoms with E-state index in [0.717, 1.165) is 0 Å². The van der Waals surface area contributed by atoms with E-state index in [-0.39, 0.29) is 17.1 Å². The second kappa shape index (κ2) is 4.30. The number of nitrogens with one attached hydrogen (secondary N) is 1. The summed E-state index contributed by atoms with van der Waals surface area (Å²) in [5.41, 5.74) is 6.14. The monoisotopic (exact) mass is 214 g/mol. The molecule has 0 aliphatic carbocycles. The van der Waals surface area contributed by atoms with Crippen LogP contribution < -0.4 is 5.73 Å². The number of nitrogens with two attached hydrogens (primary N) is 1. The largest absolute Gasteiger partial charge is 0.507 e. The molecule has 14 heavy (non-hydrogen) atoms. The fraction of sp³-hybridized carbons (Fsp3) is 0.222. The van der Waals surface area contributed by atoms with Crippen LogP contribution >= 0.6 is 11.6 Å². The molecule has 5 heteroatoms. The predicted molar refractivity (Wildman–Crippen MR) is 54.8 cm³/mol. The Balaban J connectivity index is 3.17. The maximum atomic E-state index is 9.48.